The number of hydrogen-bond acceptors (Lipinski definition) is 5. The Labute approximate surface area is 97.7 Å². The second-order valence-corrected chi connectivity index (χ2v) is 6.55. The van der Waals surface area contributed by atoms with Gasteiger partial charge in [0.15, 0.2) is 9.84 Å². The summed E-state index contributed by atoms with van der Waals surface area (Å²) >= 11 is 0. The summed E-state index contributed by atoms with van der Waals surface area (Å²) < 4.78 is 22.8. The molecule has 1 saturated heterocycles. The molecule has 1 aliphatic rings. The Morgan fingerprint density at radius 3 is 2.75 bits per heavy atom. The maximum absolute atomic E-state index is 11.4. The highest BCUT2D eigenvalue weighted by atomic mass is 32.2. The first-order valence-electron chi connectivity index (χ1n) is 5.84. The molecule has 1 fully saturated rings. The zero-order valence-electron chi connectivity index (χ0n) is 9.85. The van der Waals surface area contributed by atoms with Gasteiger partial charge in [-0.1, -0.05) is 6.92 Å². The van der Waals surface area contributed by atoms with Gasteiger partial charge < -0.3 is 15.3 Å². The van der Waals surface area contributed by atoms with E-state index in [1.54, 1.807) is 0 Å². The van der Waals surface area contributed by atoms with Gasteiger partial charge in [0.25, 0.3) is 0 Å². The maximum atomic E-state index is 11.4. The molecule has 0 saturated carbocycles. The topological polar surface area (TPSA) is 69.6 Å². The highest BCUT2D eigenvalue weighted by Crippen LogP contribution is 2.05. The van der Waals surface area contributed by atoms with Crippen LogP contribution in [0.1, 0.15) is 13.3 Å². The number of nitrogens with one attached hydrogen (secondary N) is 1. The predicted octanol–water partition coefficient (Wildman–Crippen LogP) is -0.923. The molecular formula is C10H22N2O3S. The third kappa shape index (κ3) is 4.78. The van der Waals surface area contributed by atoms with Gasteiger partial charge in [0.05, 0.1) is 18.1 Å². The van der Waals surface area contributed by atoms with Crippen molar-refractivity contribution in [2.75, 3.05) is 44.3 Å². The summed E-state index contributed by atoms with van der Waals surface area (Å²) in [4.78, 5) is 2.12. The molecule has 96 valence electrons. The molecule has 0 aliphatic carbocycles. The van der Waals surface area contributed by atoms with Crippen LogP contribution in [0, 0.1) is 0 Å². The van der Waals surface area contributed by atoms with Crippen molar-refractivity contribution in [3.05, 3.63) is 0 Å². The molecule has 0 bridgehead atoms. The quantitative estimate of drug-likeness (QED) is 0.660. The van der Waals surface area contributed by atoms with Gasteiger partial charge in [-0.2, -0.15) is 0 Å². The van der Waals surface area contributed by atoms with Crippen LogP contribution in [0.4, 0.5) is 0 Å². The van der Waals surface area contributed by atoms with Crippen LogP contribution >= 0.6 is 0 Å². The summed E-state index contributed by atoms with van der Waals surface area (Å²) in [7, 11) is -2.83. The second-order valence-electron chi connectivity index (χ2n) is 4.24. The molecule has 2 N–H and O–H groups in total. The Bertz CT molecular complexity index is 292. The molecule has 0 aromatic heterocycles. The normalized spacial score (nSPS) is 23.9. The van der Waals surface area contributed by atoms with E-state index >= 15 is 0 Å². The summed E-state index contributed by atoms with van der Waals surface area (Å²) in [6.07, 6.45) is 0.701. The largest absolute Gasteiger partial charge is 0.395 e. The fourth-order valence-electron chi connectivity index (χ4n) is 1.96. The fraction of sp³-hybridized carbons (Fsp3) is 1.00. The van der Waals surface area contributed by atoms with Crippen LogP contribution in [0.5, 0.6) is 0 Å². The molecule has 1 aliphatic heterocycles. The van der Waals surface area contributed by atoms with Crippen molar-refractivity contribution in [1.82, 2.24) is 10.2 Å². The van der Waals surface area contributed by atoms with E-state index < -0.39 is 9.84 Å². The zero-order chi connectivity index (χ0) is 12.0. The minimum atomic E-state index is -2.83. The highest BCUT2D eigenvalue weighted by Gasteiger charge is 2.20. The molecule has 0 radical (unpaired) electrons. The van der Waals surface area contributed by atoms with Crippen LogP contribution in [0.3, 0.4) is 0 Å². The van der Waals surface area contributed by atoms with Gasteiger partial charge in [-0.25, -0.2) is 8.42 Å². The van der Waals surface area contributed by atoms with E-state index in [1.807, 2.05) is 6.92 Å². The molecule has 0 aromatic carbocycles. The Kier molecular flexibility index (Phi) is 5.68. The summed E-state index contributed by atoms with van der Waals surface area (Å²) in [6.45, 7) is 5.02. The number of aliphatic hydroxyl groups is 1. The minimum Gasteiger partial charge on any atom is -0.395 e. The molecule has 0 aromatic rings. The molecule has 1 rings (SSSR count). The third-order valence-corrected chi connectivity index (χ3v) is 4.56. The van der Waals surface area contributed by atoms with Crippen LogP contribution in [-0.4, -0.2) is 68.8 Å². The molecule has 5 nitrogen and oxygen atoms in total. The zero-order valence-corrected chi connectivity index (χ0v) is 10.7. The molecule has 0 spiro atoms. The van der Waals surface area contributed by atoms with Crippen LogP contribution in [0.2, 0.25) is 0 Å². The number of aliphatic hydroxyl groups excluding tert-OH is 1. The number of hydrogen-bond donors (Lipinski definition) is 2. The van der Waals surface area contributed by atoms with E-state index in [2.05, 4.69) is 10.2 Å². The van der Waals surface area contributed by atoms with E-state index in [9.17, 15) is 8.42 Å². The van der Waals surface area contributed by atoms with Crippen LogP contribution in [0.25, 0.3) is 0 Å². The monoisotopic (exact) mass is 250 g/mol. The average molecular weight is 250 g/mol. The van der Waals surface area contributed by atoms with Gasteiger partial charge in [0.1, 0.15) is 0 Å². The van der Waals surface area contributed by atoms with Crippen molar-refractivity contribution in [2.45, 2.75) is 19.4 Å². The standard InChI is InChI=1S/C10H22N2O3S/c1-2-11-10(9-13)8-12-4-3-6-16(14,15)7-5-12/h10-11,13H,2-9H2,1H3. The smallest absolute Gasteiger partial charge is 0.151 e. The predicted molar refractivity (Wildman–Crippen MR) is 64.3 cm³/mol. The summed E-state index contributed by atoms with van der Waals surface area (Å²) in [5.74, 6) is 0.547. The third-order valence-electron chi connectivity index (χ3n) is 2.84. The number of rotatable bonds is 5. The van der Waals surface area contributed by atoms with Gasteiger partial charge in [-0.15, -0.1) is 0 Å². The second kappa shape index (κ2) is 6.54. The van der Waals surface area contributed by atoms with Crippen molar-refractivity contribution in [3.8, 4) is 0 Å². The van der Waals surface area contributed by atoms with Gasteiger partial charge in [0, 0.05) is 19.1 Å². The minimum absolute atomic E-state index is 0.0470. The van der Waals surface area contributed by atoms with Crippen molar-refractivity contribution in [2.24, 2.45) is 0 Å². The van der Waals surface area contributed by atoms with Crippen LogP contribution in [-0.2, 0) is 9.84 Å². The van der Waals surface area contributed by atoms with Crippen LogP contribution in [0.15, 0.2) is 0 Å². The molecule has 16 heavy (non-hydrogen) atoms. The Balaban J connectivity index is 2.42. The lowest BCUT2D eigenvalue weighted by Crippen LogP contribution is -2.44. The summed E-state index contributed by atoms with van der Waals surface area (Å²) in [5.41, 5.74) is 0. The van der Waals surface area contributed by atoms with Crippen molar-refractivity contribution in [3.63, 3.8) is 0 Å². The maximum Gasteiger partial charge on any atom is 0.151 e. The highest BCUT2D eigenvalue weighted by molar-refractivity contribution is 7.91. The van der Waals surface area contributed by atoms with Gasteiger partial charge in [-0.05, 0) is 19.5 Å². The van der Waals surface area contributed by atoms with E-state index in [4.69, 9.17) is 5.11 Å². The lowest BCUT2D eigenvalue weighted by atomic mass is 10.2. The number of likely N-dealkylation sites (N-methyl/N-ethyl adjacent to an activating group) is 1. The summed E-state index contributed by atoms with van der Waals surface area (Å²) in [6, 6.07) is 0.0470. The molecule has 1 atom stereocenters. The first kappa shape index (κ1) is 13.9. The van der Waals surface area contributed by atoms with Crippen LogP contribution < -0.4 is 5.32 Å². The fourth-order valence-corrected chi connectivity index (χ4v) is 3.27. The van der Waals surface area contributed by atoms with E-state index in [-0.39, 0.29) is 18.4 Å². The molecule has 0 amide bonds. The van der Waals surface area contributed by atoms with E-state index in [0.717, 1.165) is 19.6 Å². The average Bonchev–Trinajstić information content (AvgIpc) is 2.40. The van der Waals surface area contributed by atoms with Gasteiger partial charge >= 0.3 is 0 Å². The first-order valence-corrected chi connectivity index (χ1v) is 7.66. The van der Waals surface area contributed by atoms with Crippen molar-refractivity contribution in [1.29, 1.82) is 0 Å². The van der Waals surface area contributed by atoms with Gasteiger partial charge in [-0.3, -0.25) is 0 Å². The van der Waals surface area contributed by atoms with E-state index in [0.29, 0.717) is 18.7 Å². The lowest BCUT2D eigenvalue weighted by molar-refractivity contribution is 0.188. The van der Waals surface area contributed by atoms with E-state index in [1.165, 1.54) is 0 Å². The SMILES string of the molecule is CCNC(CO)CN1CCCS(=O)(=O)CC1. The lowest BCUT2D eigenvalue weighted by Gasteiger charge is -2.25. The Hall–Kier alpha value is -0.170. The molecule has 1 heterocycles. The van der Waals surface area contributed by atoms with Crippen molar-refractivity contribution < 1.29 is 13.5 Å². The number of nitrogens with zero attached hydrogens (tertiary/aromatic N) is 1. The number of sulfone groups is 1. The Morgan fingerprint density at radius 1 is 1.38 bits per heavy atom. The van der Waals surface area contributed by atoms with Gasteiger partial charge in [0.2, 0.25) is 0 Å². The summed E-state index contributed by atoms with van der Waals surface area (Å²) in [5, 5.41) is 12.3. The molecule has 1 unspecified atom stereocenters. The molecular weight excluding hydrogens is 228 g/mol. The Morgan fingerprint density at radius 2 is 2.12 bits per heavy atom. The first-order chi connectivity index (χ1) is 7.57. The van der Waals surface area contributed by atoms with Crippen molar-refractivity contribution >= 4 is 9.84 Å². The molecule has 6 heteroatoms.